The Hall–Kier alpha value is -5.36. The molecule has 3 amide bonds. The summed E-state index contributed by atoms with van der Waals surface area (Å²) in [5.41, 5.74) is 5.47. The van der Waals surface area contributed by atoms with E-state index in [4.69, 9.17) is 9.47 Å². The standard InChI is InChI=1S/C48H62F3N9O5S/c1-31-26-38(44(62)52-27-33-10-12-36(13-11-33)42-32(2)53-30-66-42)59(28-31)45(63)43(47(3,4)5)54-41(61)29-64-24-8-6-7-9-25-65-37-16-14-34(15-17-37)35-20-22-58(23-21-35)40-19-18-39-55-56-46(48(49,50)51)60(39)57-40/h10-17,30-31,35,38,43H,6-9,18-29H2,1-5H3,(H,52,62)(H,54,61)/t31?,38-,43+/m0/s1. The number of nitrogens with one attached hydrogen (secondary N) is 2. The Morgan fingerprint density at radius 3 is 2.30 bits per heavy atom. The minimum atomic E-state index is -4.61. The van der Waals surface area contributed by atoms with E-state index in [1.54, 1.807) is 16.2 Å². The SMILES string of the molecule is Cc1ncsc1-c1ccc(CNC(=O)[C@@H]2CC(C)CN2C(=O)[C@@H](NC(=O)COCCCCCCOc2ccc(C3CCN(C4=Nn5c(nnc5C(F)(F)F)CC4)CC3)cc2)C(C)(C)C)cc1. The van der Waals surface area contributed by atoms with Gasteiger partial charge in [-0.15, -0.1) is 21.5 Å². The molecule has 2 aromatic heterocycles. The maximum absolute atomic E-state index is 14.1. The van der Waals surface area contributed by atoms with Crippen molar-refractivity contribution in [2.24, 2.45) is 16.4 Å². The van der Waals surface area contributed by atoms with E-state index >= 15 is 0 Å². The number of carbonyl (C=O) groups excluding carboxylic acids is 3. The topological polar surface area (TPSA) is 156 Å². The summed E-state index contributed by atoms with van der Waals surface area (Å²) in [4.78, 5) is 49.8. The number of amides is 3. The second kappa shape index (κ2) is 21.5. The summed E-state index contributed by atoms with van der Waals surface area (Å²) in [6.07, 6.45) is 2.11. The molecule has 2 saturated heterocycles. The van der Waals surface area contributed by atoms with E-state index < -0.39 is 29.5 Å². The fraction of sp³-hybridized carbons (Fsp3) is 0.562. The number of likely N-dealkylation sites (tertiary alicyclic amines) is 2. The molecule has 18 heteroatoms. The molecule has 0 spiro atoms. The first kappa shape index (κ1) is 48.6. The van der Waals surface area contributed by atoms with Crippen LogP contribution in [0.25, 0.3) is 10.4 Å². The zero-order valence-electron chi connectivity index (χ0n) is 38.5. The predicted octanol–water partition coefficient (Wildman–Crippen LogP) is 7.76. The molecule has 3 aliphatic heterocycles. The number of aryl methyl sites for hydroxylation is 2. The average Bonchev–Trinajstić information content (AvgIpc) is 4.04. The maximum atomic E-state index is 14.1. The van der Waals surface area contributed by atoms with Gasteiger partial charge in [-0.3, -0.25) is 14.4 Å². The van der Waals surface area contributed by atoms with Gasteiger partial charge in [-0.25, -0.2) is 4.98 Å². The highest BCUT2D eigenvalue weighted by Crippen LogP contribution is 2.34. The molecule has 3 atom stereocenters. The van der Waals surface area contributed by atoms with Gasteiger partial charge in [-0.05, 0) is 91.5 Å². The molecule has 3 aliphatic rings. The first-order valence-corrected chi connectivity index (χ1v) is 23.9. The largest absolute Gasteiger partial charge is 0.494 e. The fourth-order valence-corrected chi connectivity index (χ4v) is 9.71. The number of ether oxygens (including phenoxy) is 2. The molecule has 5 heterocycles. The van der Waals surface area contributed by atoms with E-state index in [2.05, 4.69) is 47.9 Å². The van der Waals surface area contributed by atoms with Gasteiger partial charge in [0.25, 0.3) is 5.82 Å². The van der Waals surface area contributed by atoms with Crippen LogP contribution in [-0.2, 0) is 38.3 Å². The van der Waals surface area contributed by atoms with Crippen LogP contribution in [-0.4, -0.2) is 105 Å². The smallest absolute Gasteiger partial charge is 0.453 e. The van der Waals surface area contributed by atoms with Crippen LogP contribution in [0, 0.1) is 18.3 Å². The molecule has 356 valence electrons. The van der Waals surface area contributed by atoms with Gasteiger partial charge in [0.15, 0.2) is 5.82 Å². The van der Waals surface area contributed by atoms with Crippen LogP contribution < -0.4 is 15.4 Å². The van der Waals surface area contributed by atoms with Crippen molar-refractivity contribution in [2.45, 2.75) is 123 Å². The van der Waals surface area contributed by atoms with E-state index in [0.717, 1.165) is 70.6 Å². The van der Waals surface area contributed by atoms with Crippen LogP contribution in [0.15, 0.2) is 59.1 Å². The molecule has 4 aromatic rings. The number of aromatic nitrogens is 4. The molecule has 7 rings (SSSR count). The quantitative estimate of drug-likeness (QED) is 0.101. The number of piperidine rings is 1. The highest BCUT2D eigenvalue weighted by atomic mass is 32.1. The molecular weight excluding hydrogens is 872 g/mol. The second-order valence-corrected chi connectivity index (χ2v) is 19.7. The third-order valence-electron chi connectivity index (χ3n) is 12.6. The monoisotopic (exact) mass is 933 g/mol. The van der Waals surface area contributed by atoms with Crippen molar-refractivity contribution in [3.63, 3.8) is 0 Å². The number of thiazole rings is 1. The molecule has 0 saturated carbocycles. The molecular formula is C48H62F3N9O5S. The Balaban J connectivity index is 0.764. The van der Waals surface area contributed by atoms with E-state index in [1.807, 2.05) is 76.5 Å². The predicted molar refractivity (Wildman–Crippen MR) is 246 cm³/mol. The van der Waals surface area contributed by atoms with Crippen molar-refractivity contribution < 1.29 is 37.0 Å². The summed E-state index contributed by atoms with van der Waals surface area (Å²) in [5.74, 6) is 0.243. The van der Waals surface area contributed by atoms with E-state index in [0.29, 0.717) is 70.4 Å². The van der Waals surface area contributed by atoms with Crippen LogP contribution in [0.1, 0.15) is 113 Å². The number of hydrogen-bond acceptors (Lipinski definition) is 11. The number of unbranched alkanes of at least 4 members (excludes halogenated alkanes) is 3. The van der Waals surface area contributed by atoms with Crippen LogP contribution in [0.3, 0.4) is 0 Å². The highest BCUT2D eigenvalue weighted by Gasteiger charge is 2.44. The maximum Gasteiger partial charge on any atom is 0.453 e. The Morgan fingerprint density at radius 2 is 1.64 bits per heavy atom. The number of benzene rings is 2. The van der Waals surface area contributed by atoms with Crippen molar-refractivity contribution in [2.75, 3.05) is 39.5 Å². The lowest BCUT2D eigenvalue weighted by molar-refractivity contribution is -0.147. The van der Waals surface area contributed by atoms with Gasteiger partial charge < -0.3 is 29.9 Å². The van der Waals surface area contributed by atoms with Gasteiger partial charge in [0.2, 0.25) is 17.7 Å². The van der Waals surface area contributed by atoms with Crippen LogP contribution in [0.5, 0.6) is 5.75 Å². The van der Waals surface area contributed by atoms with Crippen molar-refractivity contribution in [3.8, 4) is 16.2 Å². The van der Waals surface area contributed by atoms with Gasteiger partial charge in [-0.2, -0.15) is 22.9 Å². The average molecular weight is 934 g/mol. The second-order valence-electron chi connectivity index (χ2n) is 18.8. The first-order valence-electron chi connectivity index (χ1n) is 23.1. The summed E-state index contributed by atoms with van der Waals surface area (Å²) in [7, 11) is 0. The highest BCUT2D eigenvalue weighted by molar-refractivity contribution is 7.13. The molecule has 2 fully saturated rings. The van der Waals surface area contributed by atoms with Crippen molar-refractivity contribution in [3.05, 3.63) is 82.5 Å². The third-order valence-corrected chi connectivity index (χ3v) is 13.6. The van der Waals surface area contributed by atoms with Gasteiger partial charge in [0, 0.05) is 45.6 Å². The number of alkyl halides is 3. The number of amidine groups is 1. The summed E-state index contributed by atoms with van der Waals surface area (Å²) in [6, 6.07) is 14.8. The van der Waals surface area contributed by atoms with Crippen LogP contribution in [0.2, 0.25) is 0 Å². The van der Waals surface area contributed by atoms with Crippen molar-refractivity contribution in [1.82, 2.24) is 40.3 Å². The van der Waals surface area contributed by atoms with Crippen LogP contribution in [0.4, 0.5) is 13.2 Å². The number of halogens is 3. The lowest BCUT2D eigenvalue weighted by atomic mass is 9.85. The lowest BCUT2D eigenvalue weighted by Gasteiger charge is -2.35. The summed E-state index contributed by atoms with van der Waals surface area (Å²) in [5, 5.41) is 17.2. The molecule has 2 N–H and O–H groups in total. The minimum absolute atomic E-state index is 0.135. The third kappa shape index (κ3) is 12.3. The Labute approximate surface area is 388 Å². The number of nitrogens with zero attached hydrogens (tertiary/aromatic N) is 7. The molecule has 0 aliphatic carbocycles. The summed E-state index contributed by atoms with van der Waals surface area (Å²) >= 11 is 1.59. The van der Waals surface area contributed by atoms with Gasteiger partial charge in [0.05, 0.1) is 22.7 Å². The fourth-order valence-electron chi connectivity index (χ4n) is 8.90. The lowest BCUT2D eigenvalue weighted by Crippen LogP contribution is -2.58. The van der Waals surface area contributed by atoms with Gasteiger partial charge >= 0.3 is 6.18 Å². The Kier molecular flexibility index (Phi) is 15.8. The first-order chi connectivity index (χ1) is 31.5. The molecule has 2 aromatic carbocycles. The molecule has 1 unspecified atom stereocenters. The minimum Gasteiger partial charge on any atom is -0.494 e. The van der Waals surface area contributed by atoms with Gasteiger partial charge in [0.1, 0.15) is 30.3 Å². The van der Waals surface area contributed by atoms with Crippen molar-refractivity contribution in [1.29, 1.82) is 0 Å². The van der Waals surface area contributed by atoms with E-state index in [-0.39, 0.29) is 36.1 Å². The number of hydrogen-bond donors (Lipinski definition) is 2. The molecule has 0 radical (unpaired) electrons. The molecule has 0 bridgehead atoms. The number of carbonyl (C=O) groups is 3. The normalized spacial score (nSPS) is 18.5. The van der Waals surface area contributed by atoms with E-state index in [1.165, 1.54) is 5.56 Å². The number of rotatable bonds is 17. The van der Waals surface area contributed by atoms with E-state index in [9.17, 15) is 27.6 Å². The molecule has 66 heavy (non-hydrogen) atoms. The number of fused-ring (bicyclic) bond motifs is 1. The summed E-state index contributed by atoms with van der Waals surface area (Å²) in [6.45, 7) is 12.8. The summed E-state index contributed by atoms with van der Waals surface area (Å²) < 4.78 is 52.7. The zero-order valence-corrected chi connectivity index (χ0v) is 39.3. The van der Waals surface area contributed by atoms with Crippen LogP contribution >= 0.6 is 11.3 Å². The molecule has 14 nitrogen and oxygen atoms in total. The van der Waals surface area contributed by atoms with Crippen molar-refractivity contribution >= 4 is 34.9 Å². The van der Waals surface area contributed by atoms with Gasteiger partial charge in [-0.1, -0.05) is 70.5 Å². The Morgan fingerprint density at radius 1 is 0.924 bits per heavy atom. The Bertz CT molecular complexity index is 2300. The zero-order chi connectivity index (χ0) is 47.0.